The largest absolute Gasteiger partial charge is 0.351 e. The van der Waals surface area contributed by atoms with Gasteiger partial charge in [-0.15, -0.1) is 0 Å². The van der Waals surface area contributed by atoms with E-state index < -0.39 is 10.0 Å². The number of pyridine rings is 1. The molecule has 1 N–H and O–H groups in total. The van der Waals surface area contributed by atoms with E-state index in [-0.39, 0.29) is 17.6 Å². The molecule has 36 heavy (non-hydrogen) atoms. The highest BCUT2D eigenvalue weighted by Gasteiger charge is 2.27. The van der Waals surface area contributed by atoms with Gasteiger partial charge in [0.05, 0.1) is 6.26 Å². The molecular weight excluding hydrogens is 476 g/mol. The normalized spacial score (nSPS) is 19.1. The van der Waals surface area contributed by atoms with Crippen molar-refractivity contribution in [2.75, 3.05) is 44.8 Å². The van der Waals surface area contributed by atoms with E-state index >= 15 is 0 Å². The molecule has 2 aliphatic rings. The Morgan fingerprint density at radius 2 is 1.69 bits per heavy atom. The van der Waals surface area contributed by atoms with Crippen molar-refractivity contribution in [1.82, 2.24) is 23.7 Å². The third-order valence-corrected chi connectivity index (χ3v) is 8.82. The lowest BCUT2D eigenvalue weighted by Crippen LogP contribution is -2.42. The topological polar surface area (TPSA) is 100 Å². The number of sulfonamides is 1. The lowest BCUT2D eigenvalue weighted by molar-refractivity contribution is 0.221. The van der Waals surface area contributed by atoms with Crippen molar-refractivity contribution < 1.29 is 8.42 Å². The van der Waals surface area contributed by atoms with Crippen LogP contribution in [-0.2, 0) is 10.0 Å². The third-order valence-electron chi connectivity index (χ3n) is 7.52. The maximum Gasteiger partial charge on any atom is 0.260 e. The van der Waals surface area contributed by atoms with Crippen LogP contribution in [0.5, 0.6) is 0 Å². The number of aryl methyl sites for hydroxylation is 1. The molecule has 0 bridgehead atoms. The number of nitrogens with one attached hydrogen (secondary N) is 1. The summed E-state index contributed by atoms with van der Waals surface area (Å²) in [6.07, 6.45) is 6.19. The second kappa shape index (κ2) is 9.91. The molecule has 3 aromatic rings. The molecule has 0 amide bonds. The van der Waals surface area contributed by atoms with Crippen molar-refractivity contribution in [3.8, 4) is 11.1 Å². The first-order chi connectivity index (χ1) is 17.2. The van der Waals surface area contributed by atoms with Crippen molar-refractivity contribution >= 4 is 27.0 Å². The van der Waals surface area contributed by atoms with Gasteiger partial charge in [0.1, 0.15) is 5.65 Å². The molecular formula is C26H34N6O3S. The fourth-order valence-corrected chi connectivity index (χ4v) is 6.24. The fourth-order valence-electron chi connectivity index (χ4n) is 5.36. The molecule has 1 aromatic carbocycles. The third kappa shape index (κ3) is 5.02. The highest BCUT2D eigenvalue weighted by molar-refractivity contribution is 7.88. The number of fused-ring (bicyclic) bond motifs is 1. The minimum absolute atomic E-state index is 0.0162. The molecule has 2 aromatic heterocycles. The molecule has 2 saturated heterocycles. The van der Waals surface area contributed by atoms with Crippen LogP contribution in [0.3, 0.4) is 0 Å². The van der Waals surface area contributed by atoms with Gasteiger partial charge in [0.2, 0.25) is 16.0 Å². The zero-order chi connectivity index (χ0) is 25.4. The van der Waals surface area contributed by atoms with Crippen LogP contribution in [0.1, 0.15) is 37.3 Å². The molecule has 192 valence electrons. The molecule has 0 unspecified atom stereocenters. The standard InChI is InChI=1S/C26H34N6O3S/c1-18-6-4-5-7-22(18)23-16-19-17-27-26(28-20-8-14-31(15-9-20)36(3,34)35)29-24(19)32(25(23)33)21-10-12-30(2)13-11-21/h4-7,16-17,20-21H,8-15H2,1-3H3,(H,27,28,29). The van der Waals surface area contributed by atoms with Gasteiger partial charge in [0.25, 0.3) is 5.56 Å². The number of benzene rings is 1. The van der Waals surface area contributed by atoms with E-state index in [1.54, 1.807) is 6.20 Å². The van der Waals surface area contributed by atoms with Gasteiger partial charge in [-0.3, -0.25) is 9.36 Å². The van der Waals surface area contributed by atoms with Crippen LogP contribution < -0.4 is 10.9 Å². The summed E-state index contributed by atoms with van der Waals surface area (Å²) in [5.41, 5.74) is 3.31. The molecule has 0 spiro atoms. The quantitative estimate of drug-likeness (QED) is 0.563. The zero-order valence-electron chi connectivity index (χ0n) is 21.1. The summed E-state index contributed by atoms with van der Waals surface area (Å²) in [7, 11) is -1.06. The molecule has 4 heterocycles. The molecule has 0 saturated carbocycles. The van der Waals surface area contributed by atoms with Crippen LogP contribution in [0.25, 0.3) is 22.2 Å². The van der Waals surface area contributed by atoms with Crippen molar-refractivity contribution in [1.29, 1.82) is 0 Å². The first-order valence-corrected chi connectivity index (χ1v) is 14.4. The lowest BCUT2D eigenvalue weighted by Gasteiger charge is -2.31. The van der Waals surface area contributed by atoms with Crippen LogP contribution in [0.2, 0.25) is 0 Å². The highest BCUT2D eigenvalue weighted by atomic mass is 32.2. The number of rotatable bonds is 5. The summed E-state index contributed by atoms with van der Waals surface area (Å²) in [5, 5.41) is 4.23. The molecule has 10 heteroatoms. The molecule has 0 aliphatic carbocycles. The van der Waals surface area contributed by atoms with Crippen LogP contribution >= 0.6 is 0 Å². The Hall–Kier alpha value is -2.82. The number of likely N-dealkylation sites (tertiary alicyclic amines) is 1. The highest BCUT2D eigenvalue weighted by Crippen LogP contribution is 2.29. The summed E-state index contributed by atoms with van der Waals surface area (Å²) in [6.45, 7) is 4.84. The van der Waals surface area contributed by atoms with Gasteiger partial charge >= 0.3 is 0 Å². The van der Waals surface area contributed by atoms with Crippen molar-refractivity contribution in [2.24, 2.45) is 0 Å². The first kappa shape index (κ1) is 24.9. The molecule has 0 radical (unpaired) electrons. The predicted octanol–water partition coefficient (Wildman–Crippen LogP) is 2.87. The molecule has 5 rings (SSSR count). The summed E-state index contributed by atoms with van der Waals surface area (Å²) < 4.78 is 27.1. The Balaban J connectivity index is 1.52. The first-order valence-electron chi connectivity index (χ1n) is 12.6. The maximum atomic E-state index is 14.0. The van der Waals surface area contributed by atoms with E-state index in [1.807, 2.05) is 41.8 Å². The van der Waals surface area contributed by atoms with Crippen LogP contribution in [0, 0.1) is 6.92 Å². The van der Waals surface area contributed by atoms with Crippen LogP contribution in [0.15, 0.2) is 41.3 Å². The van der Waals surface area contributed by atoms with Gasteiger partial charge in [-0.1, -0.05) is 24.3 Å². The number of hydrogen-bond donors (Lipinski definition) is 1. The Bertz CT molecular complexity index is 1420. The predicted molar refractivity (Wildman–Crippen MR) is 143 cm³/mol. The van der Waals surface area contributed by atoms with E-state index in [1.165, 1.54) is 10.6 Å². The summed E-state index contributed by atoms with van der Waals surface area (Å²) in [6, 6.07) is 10.0. The van der Waals surface area contributed by atoms with E-state index in [2.05, 4.69) is 22.2 Å². The second-order valence-corrected chi connectivity index (χ2v) is 12.1. The van der Waals surface area contributed by atoms with E-state index in [9.17, 15) is 13.2 Å². The van der Waals surface area contributed by atoms with Crippen molar-refractivity contribution in [3.63, 3.8) is 0 Å². The summed E-state index contributed by atoms with van der Waals surface area (Å²) in [5.74, 6) is 0.477. The van der Waals surface area contributed by atoms with Gasteiger partial charge in [-0.2, -0.15) is 4.98 Å². The summed E-state index contributed by atoms with van der Waals surface area (Å²) >= 11 is 0. The maximum absolute atomic E-state index is 14.0. The monoisotopic (exact) mass is 510 g/mol. The Morgan fingerprint density at radius 3 is 2.36 bits per heavy atom. The van der Waals surface area contributed by atoms with Gasteiger partial charge in [-0.05, 0) is 69.9 Å². The fraction of sp³-hybridized carbons (Fsp3) is 0.500. The minimum atomic E-state index is -3.18. The van der Waals surface area contributed by atoms with Crippen molar-refractivity contribution in [3.05, 3.63) is 52.4 Å². The number of hydrogen-bond acceptors (Lipinski definition) is 7. The average Bonchev–Trinajstić information content (AvgIpc) is 2.85. The lowest BCUT2D eigenvalue weighted by atomic mass is 9.99. The zero-order valence-corrected chi connectivity index (χ0v) is 22.0. The Labute approximate surface area is 212 Å². The molecule has 2 fully saturated rings. The van der Waals surface area contributed by atoms with Gasteiger partial charge in [-0.25, -0.2) is 17.7 Å². The number of piperidine rings is 2. The second-order valence-electron chi connectivity index (χ2n) is 10.1. The Morgan fingerprint density at radius 1 is 1.00 bits per heavy atom. The molecule has 0 atom stereocenters. The summed E-state index contributed by atoms with van der Waals surface area (Å²) in [4.78, 5) is 25.7. The van der Waals surface area contributed by atoms with E-state index in [0.29, 0.717) is 43.1 Å². The van der Waals surface area contributed by atoms with Crippen molar-refractivity contribution in [2.45, 2.75) is 44.7 Å². The minimum Gasteiger partial charge on any atom is -0.351 e. The van der Waals surface area contributed by atoms with Gasteiger partial charge in [0, 0.05) is 42.3 Å². The smallest absolute Gasteiger partial charge is 0.260 e. The van der Waals surface area contributed by atoms with Gasteiger partial charge < -0.3 is 10.2 Å². The molecule has 2 aliphatic heterocycles. The number of nitrogens with zero attached hydrogens (tertiary/aromatic N) is 5. The number of aromatic nitrogens is 3. The van der Waals surface area contributed by atoms with E-state index in [4.69, 9.17) is 4.98 Å². The number of anilines is 1. The SMILES string of the molecule is Cc1ccccc1-c1cc2cnc(NC3CCN(S(C)(=O)=O)CC3)nc2n(C2CCN(C)CC2)c1=O. The van der Waals surface area contributed by atoms with E-state index in [0.717, 1.165) is 42.4 Å². The Kier molecular flexibility index (Phi) is 6.84. The molecule has 9 nitrogen and oxygen atoms in total. The van der Waals surface area contributed by atoms with Crippen LogP contribution in [-0.4, -0.2) is 77.7 Å². The average molecular weight is 511 g/mol. The van der Waals surface area contributed by atoms with Gasteiger partial charge in [0.15, 0.2) is 0 Å². The van der Waals surface area contributed by atoms with Crippen LogP contribution in [0.4, 0.5) is 5.95 Å².